The third-order valence-electron chi connectivity index (χ3n) is 2.38. The van der Waals surface area contributed by atoms with E-state index in [-0.39, 0.29) is 12.2 Å². The molecule has 1 saturated heterocycles. The summed E-state index contributed by atoms with van der Waals surface area (Å²) in [5.74, 6) is -0.627. The predicted molar refractivity (Wildman–Crippen MR) is 50.2 cm³/mol. The molecule has 0 aromatic heterocycles. The largest absolute Gasteiger partial charge is 0.508 e. The summed E-state index contributed by atoms with van der Waals surface area (Å²) in [7, 11) is 1.27. The Morgan fingerprint density at radius 1 is 1.33 bits per heavy atom. The molecule has 2 aliphatic rings. The van der Waals surface area contributed by atoms with Gasteiger partial charge in [0.05, 0.1) is 7.11 Å². The van der Waals surface area contributed by atoms with Crippen LogP contribution in [-0.4, -0.2) is 37.4 Å². The van der Waals surface area contributed by atoms with Gasteiger partial charge in [0.25, 0.3) is 0 Å². The SMILES string of the molecule is COC(=O)O[C@H]1C=CC2OC(C)(C)OC21. The average Bonchev–Trinajstić information content (AvgIpc) is 2.63. The Kier molecular flexibility index (Phi) is 2.44. The van der Waals surface area contributed by atoms with Gasteiger partial charge in [-0.15, -0.1) is 0 Å². The van der Waals surface area contributed by atoms with Gasteiger partial charge >= 0.3 is 6.16 Å². The number of carbonyl (C=O) groups excluding carboxylic acids is 1. The second-order valence-electron chi connectivity index (χ2n) is 3.99. The third kappa shape index (κ3) is 1.98. The van der Waals surface area contributed by atoms with Gasteiger partial charge in [0, 0.05) is 0 Å². The molecule has 0 amide bonds. The van der Waals surface area contributed by atoms with Crippen LogP contribution in [0.4, 0.5) is 4.79 Å². The lowest BCUT2D eigenvalue weighted by Gasteiger charge is -2.20. The average molecular weight is 214 g/mol. The molecule has 84 valence electrons. The zero-order valence-electron chi connectivity index (χ0n) is 8.93. The Bertz CT molecular complexity index is 296. The first-order chi connectivity index (χ1) is 7.02. The maximum Gasteiger partial charge on any atom is 0.508 e. The summed E-state index contributed by atoms with van der Waals surface area (Å²) in [5, 5.41) is 0. The van der Waals surface area contributed by atoms with Crippen LogP contribution in [0.25, 0.3) is 0 Å². The lowest BCUT2D eigenvalue weighted by molar-refractivity contribution is -0.153. The molecule has 0 saturated carbocycles. The molecule has 5 nitrogen and oxygen atoms in total. The topological polar surface area (TPSA) is 54.0 Å². The van der Waals surface area contributed by atoms with Gasteiger partial charge in [-0.25, -0.2) is 4.79 Å². The van der Waals surface area contributed by atoms with E-state index in [9.17, 15) is 4.79 Å². The zero-order chi connectivity index (χ0) is 11.1. The highest BCUT2D eigenvalue weighted by molar-refractivity contribution is 5.60. The maximum absolute atomic E-state index is 10.9. The van der Waals surface area contributed by atoms with Crippen molar-refractivity contribution in [3.8, 4) is 0 Å². The summed E-state index contributed by atoms with van der Waals surface area (Å²) in [5.41, 5.74) is 0. The van der Waals surface area contributed by atoms with E-state index in [1.165, 1.54) is 7.11 Å². The van der Waals surface area contributed by atoms with E-state index in [0.717, 1.165) is 0 Å². The van der Waals surface area contributed by atoms with Crippen molar-refractivity contribution in [2.75, 3.05) is 7.11 Å². The molecule has 1 aliphatic carbocycles. The van der Waals surface area contributed by atoms with Crippen LogP contribution in [0, 0.1) is 0 Å². The van der Waals surface area contributed by atoms with Crippen LogP contribution in [0.3, 0.4) is 0 Å². The number of fused-ring (bicyclic) bond motifs is 1. The molecule has 1 fully saturated rings. The van der Waals surface area contributed by atoms with Gasteiger partial charge in [-0.05, 0) is 19.9 Å². The number of methoxy groups -OCH3 is 1. The summed E-state index contributed by atoms with van der Waals surface area (Å²) in [6, 6.07) is 0. The monoisotopic (exact) mass is 214 g/mol. The molecule has 0 aromatic rings. The number of ether oxygens (including phenoxy) is 4. The maximum atomic E-state index is 10.9. The van der Waals surface area contributed by atoms with E-state index in [1.54, 1.807) is 6.08 Å². The summed E-state index contributed by atoms with van der Waals surface area (Å²) in [6.07, 6.45) is 2.05. The Morgan fingerprint density at radius 2 is 2.07 bits per heavy atom. The normalized spacial score (nSPS) is 36.3. The summed E-state index contributed by atoms with van der Waals surface area (Å²) in [6.45, 7) is 3.66. The van der Waals surface area contributed by atoms with Crippen LogP contribution < -0.4 is 0 Å². The Hall–Kier alpha value is -1.07. The molecule has 15 heavy (non-hydrogen) atoms. The first-order valence-corrected chi connectivity index (χ1v) is 4.80. The highest BCUT2D eigenvalue weighted by Crippen LogP contribution is 2.35. The van der Waals surface area contributed by atoms with E-state index in [0.29, 0.717) is 0 Å². The van der Waals surface area contributed by atoms with Crippen molar-refractivity contribution in [3.05, 3.63) is 12.2 Å². The van der Waals surface area contributed by atoms with Crippen LogP contribution in [0.2, 0.25) is 0 Å². The number of rotatable bonds is 1. The molecule has 2 unspecified atom stereocenters. The Morgan fingerprint density at radius 3 is 2.73 bits per heavy atom. The predicted octanol–water partition coefficient (Wildman–Crippen LogP) is 1.23. The molecule has 1 heterocycles. The molecule has 3 atom stereocenters. The smallest absolute Gasteiger partial charge is 0.438 e. The van der Waals surface area contributed by atoms with Gasteiger partial charge in [-0.2, -0.15) is 0 Å². The molecule has 0 radical (unpaired) electrons. The molecule has 5 heteroatoms. The Labute approximate surface area is 87.9 Å². The number of hydrogen-bond acceptors (Lipinski definition) is 5. The van der Waals surface area contributed by atoms with Crippen molar-refractivity contribution >= 4 is 6.16 Å². The van der Waals surface area contributed by atoms with E-state index < -0.39 is 18.0 Å². The zero-order valence-corrected chi connectivity index (χ0v) is 8.93. The molecule has 0 spiro atoms. The van der Waals surface area contributed by atoms with Gasteiger partial charge in [0.1, 0.15) is 12.2 Å². The summed E-state index contributed by atoms with van der Waals surface area (Å²) < 4.78 is 20.6. The fourth-order valence-corrected chi connectivity index (χ4v) is 1.81. The second-order valence-corrected chi connectivity index (χ2v) is 3.99. The molecule has 2 rings (SSSR count). The molecular formula is C10H14O5. The molecule has 0 bridgehead atoms. The van der Waals surface area contributed by atoms with Gasteiger partial charge in [0.2, 0.25) is 0 Å². The van der Waals surface area contributed by atoms with E-state index >= 15 is 0 Å². The minimum absolute atomic E-state index is 0.144. The fourth-order valence-electron chi connectivity index (χ4n) is 1.81. The molecule has 0 aromatic carbocycles. The fraction of sp³-hybridized carbons (Fsp3) is 0.700. The summed E-state index contributed by atoms with van der Waals surface area (Å²) >= 11 is 0. The van der Waals surface area contributed by atoms with E-state index in [1.807, 2.05) is 19.9 Å². The lowest BCUT2D eigenvalue weighted by Crippen LogP contribution is -2.32. The van der Waals surface area contributed by atoms with E-state index in [4.69, 9.17) is 14.2 Å². The van der Waals surface area contributed by atoms with Gasteiger partial charge in [-0.3, -0.25) is 0 Å². The first-order valence-electron chi connectivity index (χ1n) is 4.80. The lowest BCUT2D eigenvalue weighted by atomic mass is 10.2. The number of hydrogen-bond donors (Lipinski definition) is 0. The molecular weight excluding hydrogens is 200 g/mol. The minimum atomic E-state index is -0.710. The molecule has 1 aliphatic heterocycles. The second kappa shape index (κ2) is 3.50. The quantitative estimate of drug-likeness (QED) is 0.485. The molecule has 0 N–H and O–H groups in total. The van der Waals surface area contributed by atoms with Gasteiger partial charge in [0.15, 0.2) is 11.9 Å². The summed E-state index contributed by atoms with van der Waals surface area (Å²) in [4.78, 5) is 10.9. The number of carbonyl (C=O) groups is 1. The van der Waals surface area contributed by atoms with Crippen molar-refractivity contribution < 1.29 is 23.7 Å². The third-order valence-corrected chi connectivity index (χ3v) is 2.38. The van der Waals surface area contributed by atoms with Crippen molar-refractivity contribution in [2.24, 2.45) is 0 Å². The first kappa shape index (κ1) is 10.4. The van der Waals surface area contributed by atoms with Crippen molar-refractivity contribution in [2.45, 2.75) is 37.9 Å². The van der Waals surface area contributed by atoms with Crippen LogP contribution in [0.1, 0.15) is 13.8 Å². The van der Waals surface area contributed by atoms with Crippen molar-refractivity contribution in [3.63, 3.8) is 0 Å². The highest BCUT2D eigenvalue weighted by Gasteiger charge is 2.47. The van der Waals surface area contributed by atoms with Crippen LogP contribution >= 0.6 is 0 Å². The Balaban J connectivity index is 2.00. The van der Waals surface area contributed by atoms with Crippen LogP contribution in [0.5, 0.6) is 0 Å². The van der Waals surface area contributed by atoms with Crippen LogP contribution in [-0.2, 0) is 18.9 Å². The highest BCUT2D eigenvalue weighted by atomic mass is 16.8. The van der Waals surface area contributed by atoms with Crippen molar-refractivity contribution in [1.29, 1.82) is 0 Å². The minimum Gasteiger partial charge on any atom is -0.438 e. The van der Waals surface area contributed by atoms with Gasteiger partial charge < -0.3 is 18.9 Å². The van der Waals surface area contributed by atoms with Crippen molar-refractivity contribution in [1.82, 2.24) is 0 Å². The standard InChI is InChI=1S/C10H14O5/c1-10(2)14-7-5-4-6(8(7)15-10)13-9(11)12-3/h4-8H,1-3H3/t6-,7?,8?/m0/s1. The van der Waals surface area contributed by atoms with E-state index in [2.05, 4.69) is 4.74 Å². The van der Waals surface area contributed by atoms with Gasteiger partial charge in [-0.1, -0.05) is 6.08 Å². The van der Waals surface area contributed by atoms with Crippen LogP contribution in [0.15, 0.2) is 12.2 Å².